The van der Waals surface area contributed by atoms with E-state index in [9.17, 15) is 0 Å². The molecule has 0 aromatic heterocycles. The standard InChI is InChI=1S/C6H10N2.2BrH/c1-5-2-8-4-6(5)3-7-1;;/h1,6-8H,2-4H2;2*1H. The predicted octanol–water partition coefficient (Wildman–Crippen LogP) is 0.849. The first-order chi connectivity index (χ1) is 3.97. The van der Waals surface area contributed by atoms with Gasteiger partial charge in [0.2, 0.25) is 0 Å². The lowest BCUT2D eigenvalue weighted by atomic mass is 10.1. The third-order valence-corrected chi connectivity index (χ3v) is 1.90. The van der Waals surface area contributed by atoms with Gasteiger partial charge in [-0.15, -0.1) is 34.0 Å². The summed E-state index contributed by atoms with van der Waals surface area (Å²) >= 11 is 0. The monoisotopic (exact) mass is 270 g/mol. The summed E-state index contributed by atoms with van der Waals surface area (Å²) in [5.41, 5.74) is 1.56. The second-order valence-electron chi connectivity index (χ2n) is 2.46. The zero-order valence-electron chi connectivity index (χ0n) is 5.59. The number of halogens is 2. The fourth-order valence-corrected chi connectivity index (χ4v) is 1.37. The Hall–Kier alpha value is 0.460. The number of rotatable bonds is 0. The molecular weight excluding hydrogens is 260 g/mol. The third-order valence-electron chi connectivity index (χ3n) is 1.90. The molecular formula is C6H12Br2N2. The van der Waals surface area contributed by atoms with Crippen LogP contribution in [0, 0.1) is 5.92 Å². The van der Waals surface area contributed by atoms with E-state index in [1.54, 1.807) is 5.57 Å². The summed E-state index contributed by atoms with van der Waals surface area (Å²) in [7, 11) is 0. The van der Waals surface area contributed by atoms with Gasteiger partial charge in [0.15, 0.2) is 0 Å². The predicted molar refractivity (Wildman–Crippen MR) is 53.1 cm³/mol. The van der Waals surface area contributed by atoms with E-state index in [0.717, 1.165) is 19.0 Å². The molecule has 0 aromatic carbocycles. The normalized spacial score (nSPS) is 27.2. The smallest absolute Gasteiger partial charge is 0.0220 e. The van der Waals surface area contributed by atoms with E-state index in [-0.39, 0.29) is 34.0 Å². The first-order valence-electron chi connectivity index (χ1n) is 3.10. The van der Waals surface area contributed by atoms with Crippen LogP contribution < -0.4 is 10.6 Å². The first kappa shape index (κ1) is 10.5. The van der Waals surface area contributed by atoms with Gasteiger partial charge in [-0.1, -0.05) is 0 Å². The van der Waals surface area contributed by atoms with Crippen molar-refractivity contribution in [3.8, 4) is 0 Å². The van der Waals surface area contributed by atoms with E-state index in [2.05, 4.69) is 16.8 Å². The molecule has 2 heterocycles. The zero-order chi connectivity index (χ0) is 5.40. The molecule has 4 heteroatoms. The summed E-state index contributed by atoms with van der Waals surface area (Å²) in [6.45, 7) is 3.44. The molecule has 1 unspecified atom stereocenters. The van der Waals surface area contributed by atoms with Crippen molar-refractivity contribution in [3.05, 3.63) is 11.8 Å². The van der Waals surface area contributed by atoms with Crippen LogP contribution in [0.4, 0.5) is 0 Å². The topological polar surface area (TPSA) is 24.1 Å². The van der Waals surface area contributed by atoms with Crippen LogP contribution in [0.15, 0.2) is 11.8 Å². The highest BCUT2D eigenvalue weighted by atomic mass is 79.9. The summed E-state index contributed by atoms with van der Waals surface area (Å²) in [6.07, 6.45) is 2.14. The Morgan fingerprint density at radius 1 is 1.30 bits per heavy atom. The van der Waals surface area contributed by atoms with Gasteiger partial charge in [-0.3, -0.25) is 0 Å². The maximum absolute atomic E-state index is 3.32. The van der Waals surface area contributed by atoms with Crippen molar-refractivity contribution in [3.63, 3.8) is 0 Å². The van der Waals surface area contributed by atoms with Crippen LogP contribution >= 0.6 is 34.0 Å². The summed E-state index contributed by atoms with van der Waals surface area (Å²) in [5.74, 6) is 0.815. The highest BCUT2D eigenvalue weighted by Crippen LogP contribution is 2.17. The van der Waals surface area contributed by atoms with Gasteiger partial charge in [0.1, 0.15) is 0 Å². The van der Waals surface area contributed by atoms with E-state index < -0.39 is 0 Å². The number of hydrogen-bond acceptors (Lipinski definition) is 2. The average Bonchev–Trinajstić information content (AvgIpc) is 2.15. The first-order valence-corrected chi connectivity index (χ1v) is 3.10. The Morgan fingerprint density at radius 3 is 2.80 bits per heavy atom. The fourth-order valence-electron chi connectivity index (χ4n) is 1.37. The van der Waals surface area contributed by atoms with Crippen LogP contribution in [0.5, 0.6) is 0 Å². The minimum atomic E-state index is 0. The van der Waals surface area contributed by atoms with Gasteiger partial charge in [-0.25, -0.2) is 0 Å². The van der Waals surface area contributed by atoms with Crippen molar-refractivity contribution in [1.82, 2.24) is 10.6 Å². The summed E-state index contributed by atoms with van der Waals surface area (Å²) < 4.78 is 0. The Bertz CT molecular complexity index is 136. The molecule has 0 aliphatic carbocycles. The number of hydrogen-bond donors (Lipinski definition) is 2. The Morgan fingerprint density at radius 2 is 2.10 bits per heavy atom. The van der Waals surface area contributed by atoms with Gasteiger partial charge in [0.25, 0.3) is 0 Å². The zero-order valence-corrected chi connectivity index (χ0v) is 9.02. The highest BCUT2D eigenvalue weighted by molar-refractivity contribution is 8.93. The molecule has 2 nitrogen and oxygen atoms in total. The second kappa shape index (κ2) is 4.36. The van der Waals surface area contributed by atoms with Crippen molar-refractivity contribution >= 4 is 34.0 Å². The number of nitrogens with one attached hydrogen (secondary N) is 2. The molecule has 2 rings (SSSR count). The molecule has 1 saturated heterocycles. The maximum atomic E-state index is 3.32. The average molecular weight is 272 g/mol. The second-order valence-corrected chi connectivity index (χ2v) is 2.46. The van der Waals surface area contributed by atoms with Gasteiger partial charge < -0.3 is 10.6 Å². The van der Waals surface area contributed by atoms with Gasteiger partial charge in [0, 0.05) is 25.6 Å². The Kier molecular flexibility index (Phi) is 4.56. The molecule has 2 aliphatic heterocycles. The van der Waals surface area contributed by atoms with Crippen LogP contribution in [0.25, 0.3) is 0 Å². The lowest BCUT2D eigenvalue weighted by Gasteiger charge is -1.97. The van der Waals surface area contributed by atoms with Crippen molar-refractivity contribution in [2.45, 2.75) is 0 Å². The minimum absolute atomic E-state index is 0. The van der Waals surface area contributed by atoms with Crippen molar-refractivity contribution in [2.24, 2.45) is 5.92 Å². The molecule has 10 heavy (non-hydrogen) atoms. The summed E-state index contributed by atoms with van der Waals surface area (Å²) in [4.78, 5) is 0. The summed E-state index contributed by atoms with van der Waals surface area (Å²) in [5, 5.41) is 6.54. The quantitative estimate of drug-likeness (QED) is 0.683. The Labute approximate surface area is 82.0 Å². The molecule has 0 amide bonds. The van der Waals surface area contributed by atoms with Crippen LogP contribution in [-0.4, -0.2) is 19.6 Å². The lowest BCUT2D eigenvalue weighted by Crippen LogP contribution is -2.16. The fraction of sp³-hybridized carbons (Fsp3) is 0.667. The maximum Gasteiger partial charge on any atom is 0.0220 e. The molecule has 2 N–H and O–H groups in total. The van der Waals surface area contributed by atoms with Crippen LogP contribution in [0.2, 0.25) is 0 Å². The van der Waals surface area contributed by atoms with E-state index in [0.29, 0.717) is 0 Å². The van der Waals surface area contributed by atoms with Crippen LogP contribution in [0.1, 0.15) is 0 Å². The molecule has 2 aliphatic rings. The SMILES string of the molecule is Br.Br.C1=C2CNCC2CN1. The molecule has 1 fully saturated rings. The largest absolute Gasteiger partial charge is 0.390 e. The van der Waals surface area contributed by atoms with Gasteiger partial charge in [0.05, 0.1) is 0 Å². The molecule has 0 spiro atoms. The van der Waals surface area contributed by atoms with Crippen molar-refractivity contribution in [1.29, 1.82) is 0 Å². The minimum Gasteiger partial charge on any atom is -0.390 e. The molecule has 0 saturated carbocycles. The third kappa shape index (κ3) is 1.74. The molecule has 0 bridgehead atoms. The van der Waals surface area contributed by atoms with Gasteiger partial charge >= 0.3 is 0 Å². The van der Waals surface area contributed by atoms with E-state index in [1.165, 1.54) is 6.54 Å². The van der Waals surface area contributed by atoms with E-state index in [4.69, 9.17) is 0 Å². The van der Waals surface area contributed by atoms with E-state index in [1.807, 2.05) is 0 Å². The van der Waals surface area contributed by atoms with E-state index >= 15 is 0 Å². The van der Waals surface area contributed by atoms with Crippen molar-refractivity contribution in [2.75, 3.05) is 19.6 Å². The highest BCUT2D eigenvalue weighted by Gasteiger charge is 2.22. The Balaban J connectivity index is 0.000000405. The van der Waals surface area contributed by atoms with Crippen LogP contribution in [0.3, 0.4) is 0 Å². The van der Waals surface area contributed by atoms with Gasteiger partial charge in [-0.2, -0.15) is 0 Å². The van der Waals surface area contributed by atoms with Crippen LogP contribution in [-0.2, 0) is 0 Å². The molecule has 60 valence electrons. The lowest BCUT2D eigenvalue weighted by molar-refractivity contribution is 0.652. The molecule has 0 radical (unpaired) electrons. The van der Waals surface area contributed by atoms with Gasteiger partial charge in [-0.05, 0) is 11.8 Å². The molecule has 1 atom stereocenters. The van der Waals surface area contributed by atoms with Crippen molar-refractivity contribution < 1.29 is 0 Å². The number of fused-ring (bicyclic) bond motifs is 1. The molecule has 0 aromatic rings. The summed E-state index contributed by atoms with van der Waals surface area (Å²) in [6, 6.07) is 0.